The third-order valence-electron chi connectivity index (χ3n) is 2.49. The molecule has 15 heavy (non-hydrogen) atoms. The minimum Gasteiger partial charge on any atom is -0.354 e. The van der Waals surface area contributed by atoms with Crippen LogP contribution in [0.1, 0.15) is 32.6 Å². The second-order valence-electron chi connectivity index (χ2n) is 3.71. The van der Waals surface area contributed by atoms with Gasteiger partial charge in [0.05, 0.1) is 0 Å². The van der Waals surface area contributed by atoms with Crippen molar-refractivity contribution in [3.05, 3.63) is 0 Å². The number of hydrogen-bond acceptors (Lipinski definition) is 4. The number of nitrogens with zero attached hydrogens (tertiary/aromatic N) is 1. The van der Waals surface area contributed by atoms with E-state index in [1.165, 1.54) is 26.8 Å². The van der Waals surface area contributed by atoms with Crippen molar-refractivity contribution in [1.29, 1.82) is 0 Å². The summed E-state index contributed by atoms with van der Waals surface area (Å²) in [5.41, 5.74) is 2.83. The van der Waals surface area contributed by atoms with Crippen molar-refractivity contribution >= 4 is 17.4 Å². The molecule has 1 aliphatic carbocycles. The zero-order valence-electron chi connectivity index (χ0n) is 9.17. The zero-order valence-corrected chi connectivity index (χ0v) is 9.17. The zero-order chi connectivity index (χ0) is 11.3. The summed E-state index contributed by atoms with van der Waals surface area (Å²) < 4.78 is 0. The van der Waals surface area contributed by atoms with Crippen LogP contribution in [-0.2, 0) is 9.59 Å². The first kappa shape index (κ1) is 11.7. The summed E-state index contributed by atoms with van der Waals surface area (Å²) in [4.78, 5) is 22.4. The maximum absolute atomic E-state index is 11.3. The third kappa shape index (κ3) is 3.34. The molecular weight excluding hydrogens is 194 g/mol. The van der Waals surface area contributed by atoms with Gasteiger partial charge in [-0.25, -0.2) is 0 Å². The van der Waals surface area contributed by atoms with E-state index in [2.05, 4.69) is 15.8 Å². The molecular formula is C10H17N3O2. The van der Waals surface area contributed by atoms with Crippen molar-refractivity contribution in [1.82, 2.24) is 10.7 Å². The van der Waals surface area contributed by atoms with E-state index in [1.54, 1.807) is 0 Å². The first-order valence-corrected chi connectivity index (χ1v) is 5.21. The van der Waals surface area contributed by atoms with E-state index in [4.69, 9.17) is 0 Å². The second-order valence-corrected chi connectivity index (χ2v) is 3.71. The number of rotatable bonds is 4. The number of Topliss-reactive ketones (excluding diaryl/α,β-unsaturated/α-hetero) is 1. The van der Waals surface area contributed by atoms with Crippen LogP contribution in [-0.4, -0.2) is 30.5 Å². The highest BCUT2D eigenvalue weighted by atomic mass is 16.2. The molecule has 0 spiro atoms. The summed E-state index contributed by atoms with van der Waals surface area (Å²) in [5.74, 6) is -0.757. The van der Waals surface area contributed by atoms with Crippen molar-refractivity contribution in [2.45, 2.75) is 38.6 Å². The first-order valence-electron chi connectivity index (χ1n) is 5.21. The molecule has 1 aliphatic rings. The molecule has 0 radical (unpaired) electrons. The molecule has 0 aromatic rings. The van der Waals surface area contributed by atoms with Crippen molar-refractivity contribution in [2.75, 3.05) is 7.05 Å². The Morgan fingerprint density at radius 2 is 1.87 bits per heavy atom. The fourth-order valence-electron chi connectivity index (χ4n) is 1.62. The maximum atomic E-state index is 11.3. The van der Waals surface area contributed by atoms with Gasteiger partial charge in [-0.05, 0) is 12.8 Å². The normalized spacial score (nSPS) is 17.6. The number of hydrogen-bond donors (Lipinski definition) is 2. The van der Waals surface area contributed by atoms with Gasteiger partial charge in [0, 0.05) is 20.0 Å². The van der Waals surface area contributed by atoms with Gasteiger partial charge in [0.15, 0.2) is 11.5 Å². The Hall–Kier alpha value is -1.39. The van der Waals surface area contributed by atoms with Crippen molar-refractivity contribution in [3.63, 3.8) is 0 Å². The number of carbonyl (C=O) groups is 2. The molecule has 1 fully saturated rings. The predicted octanol–water partition coefficient (Wildman–Crippen LogP) is 0.210. The Morgan fingerprint density at radius 3 is 2.33 bits per heavy atom. The van der Waals surface area contributed by atoms with E-state index in [1.807, 2.05) is 0 Å². The van der Waals surface area contributed by atoms with Crippen molar-refractivity contribution < 1.29 is 9.59 Å². The number of hydrazone groups is 1. The smallest absolute Gasteiger partial charge is 0.275 e. The van der Waals surface area contributed by atoms with Gasteiger partial charge in [-0.2, -0.15) is 5.10 Å². The fraction of sp³-hybridized carbons (Fsp3) is 0.700. The quantitative estimate of drug-likeness (QED) is 0.397. The van der Waals surface area contributed by atoms with Crippen LogP contribution in [0.3, 0.4) is 0 Å². The Kier molecular flexibility index (Phi) is 4.27. The highest BCUT2D eigenvalue weighted by Crippen LogP contribution is 2.17. The van der Waals surface area contributed by atoms with Crippen molar-refractivity contribution in [3.8, 4) is 0 Å². The number of amides is 1. The van der Waals surface area contributed by atoms with Gasteiger partial charge in [-0.1, -0.05) is 12.8 Å². The van der Waals surface area contributed by atoms with E-state index in [0.29, 0.717) is 6.04 Å². The molecule has 0 aliphatic heterocycles. The van der Waals surface area contributed by atoms with Crippen LogP contribution in [0.4, 0.5) is 0 Å². The Bertz CT molecular complexity index is 280. The lowest BCUT2D eigenvalue weighted by molar-refractivity contribution is -0.117. The van der Waals surface area contributed by atoms with Crippen LogP contribution in [0.2, 0.25) is 0 Å². The van der Waals surface area contributed by atoms with Gasteiger partial charge in [-0.15, -0.1) is 0 Å². The first-order chi connectivity index (χ1) is 7.15. The summed E-state index contributed by atoms with van der Waals surface area (Å²) in [6, 6.07) is 0.309. The van der Waals surface area contributed by atoms with Gasteiger partial charge in [-0.3, -0.25) is 9.59 Å². The maximum Gasteiger partial charge on any atom is 0.275 e. The molecule has 0 aromatic heterocycles. The molecule has 5 nitrogen and oxygen atoms in total. The van der Waals surface area contributed by atoms with Crippen LogP contribution >= 0.6 is 0 Å². The molecule has 0 unspecified atom stereocenters. The number of carbonyl (C=O) groups excluding carboxylic acids is 2. The summed E-state index contributed by atoms with van der Waals surface area (Å²) in [6.45, 7) is 1.34. The molecule has 0 aromatic carbocycles. The molecule has 0 atom stereocenters. The summed E-state index contributed by atoms with van der Waals surface area (Å²) in [5, 5.41) is 6.27. The van der Waals surface area contributed by atoms with Gasteiger partial charge in [0.25, 0.3) is 5.91 Å². The molecule has 0 bridgehead atoms. The Labute approximate surface area is 89.3 Å². The van der Waals surface area contributed by atoms with E-state index in [0.717, 1.165) is 12.8 Å². The highest BCUT2D eigenvalue weighted by molar-refractivity contribution is 6.65. The minimum atomic E-state index is -0.437. The second kappa shape index (κ2) is 5.48. The summed E-state index contributed by atoms with van der Waals surface area (Å²) in [6.07, 6.45) is 4.48. The lowest BCUT2D eigenvalue weighted by Crippen LogP contribution is -2.35. The van der Waals surface area contributed by atoms with Crippen LogP contribution < -0.4 is 10.7 Å². The van der Waals surface area contributed by atoms with Crippen LogP contribution in [0.25, 0.3) is 0 Å². The Balaban J connectivity index is 2.58. The van der Waals surface area contributed by atoms with Gasteiger partial charge in [0.1, 0.15) is 0 Å². The molecule has 0 saturated heterocycles. The number of nitrogens with one attached hydrogen (secondary N) is 2. The molecule has 1 rings (SSSR count). The molecule has 5 heteroatoms. The summed E-state index contributed by atoms with van der Waals surface area (Å²) >= 11 is 0. The molecule has 1 amide bonds. The highest BCUT2D eigenvalue weighted by Gasteiger charge is 2.18. The van der Waals surface area contributed by atoms with E-state index < -0.39 is 5.91 Å². The lowest BCUT2D eigenvalue weighted by atomic mass is 10.2. The minimum absolute atomic E-state index is 0.0515. The average Bonchev–Trinajstić information content (AvgIpc) is 2.70. The molecule has 0 heterocycles. The van der Waals surface area contributed by atoms with Crippen molar-refractivity contribution in [2.24, 2.45) is 5.10 Å². The largest absolute Gasteiger partial charge is 0.354 e. The molecule has 2 N–H and O–H groups in total. The van der Waals surface area contributed by atoms with E-state index >= 15 is 0 Å². The lowest BCUT2D eigenvalue weighted by Gasteiger charge is -2.09. The fourth-order valence-corrected chi connectivity index (χ4v) is 1.62. The molecule has 1 saturated carbocycles. The Morgan fingerprint density at radius 1 is 1.27 bits per heavy atom. The van der Waals surface area contributed by atoms with E-state index in [-0.39, 0.29) is 11.5 Å². The SMILES string of the molecule is CNC(=O)/C(=N/NC1CCCC1)C(C)=O. The standard InChI is InChI=1S/C10H17N3O2/c1-7(14)9(10(15)11-2)13-12-8-5-3-4-6-8/h8,12H,3-6H2,1-2H3,(H,11,15)/b13-9+. The van der Waals surface area contributed by atoms with Crippen LogP contribution in [0, 0.1) is 0 Å². The van der Waals surface area contributed by atoms with Crippen LogP contribution in [0.5, 0.6) is 0 Å². The average molecular weight is 211 g/mol. The third-order valence-corrected chi connectivity index (χ3v) is 2.49. The monoisotopic (exact) mass is 211 g/mol. The predicted molar refractivity (Wildman–Crippen MR) is 57.6 cm³/mol. The summed E-state index contributed by atoms with van der Waals surface area (Å²) in [7, 11) is 1.48. The molecule has 84 valence electrons. The van der Waals surface area contributed by atoms with Gasteiger partial charge < -0.3 is 10.7 Å². The topological polar surface area (TPSA) is 70.6 Å². The van der Waals surface area contributed by atoms with E-state index in [9.17, 15) is 9.59 Å². The van der Waals surface area contributed by atoms with Gasteiger partial charge >= 0.3 is 0 Å². The number of ketones is 1. The van der Waals surface area contributed by atoms with Gasteiger partial charge in [0.2, 0.25) is 0 Å². The van der Waals surface area contributed by atoms with Crippen LogP contribution in [0.15, 0.2) is 5.10 Å².